The summed E-state index contributed by atoms with van der Waals surface area (Å²) in [6.45, 7) is 4.03. The number of furan rings is 1. The van der Waals surface area contributed by atoms with Gasteiger partial charge in [-0.15, -0.1) is 0 Å². The molecule has 31 heavy (non-hydrogen) atoms. The van der Waals surface area contributed by atoms with Crippen molar-refractivity contribution < 1.29 is 13.9 Å². The molecule has 2 heterocycles. The normalized spacial score (nSPS) is 11.4. The molecule has 4 rings (SSSR count). The van der Waals surface area contributed by atoms with Crippen LogP contribution < -0.4 is 10.2 Å². The van der Waals surface area contributed by atoms with Crippen LogP contribution in [0.5, 0.6) is 5.75 Å². The average Bonchev–Trinajstić information content (AvgIpc) is 3.29. The van der Waals surface area contributed by atoms with E-state index in [1.54, 1.807) is 19.4 Å². The Morgan fingerprint density at radius 3 is 2.58 bits per heavy atom. The molecule has 0 saturated heterocycles. The topological polar surface area (TPSA) is 68.8 Å². The van der Waals surface area contributed by atoms with Crippen molar-refractivity contribution in [1.82, 2.24) is 9.99 Å². The van der Waals surface area contributed by atoms with Crippen LogP contribution in [-0.2, 0) is 0 Å². The van der Waals surface area contributed by atoms with Crippen molar-refractivity contribution in [2.45, 2.75) is 13.8 Å². The average molecular weight is 545 g/mol. The minimum atomic E-state index is -0.417. The number of carbonyl (C=O) groups is 1. The van der Waals surface area contributed by atoms with Gasteiger partial charge < -0.3 is 13.7 Å². The van der Waals surface area contributed by atoms with E-state index in [0.29, 0.717) is 5.58 Å². The van der Waals surface area contributed by atoms with E-state index < -0.39 is 5.91 Å². The zero-order valence-corrected chi connectivity index (χ0v) is 20.2. The maximum Gasteiger partial charge on any atom is 0.307 e. The number of nitrogens with zero attached hydrogens (tertiary/aromatic N) is 2. The molecule has 2 aromatic carbocycles. The minimum absolute atomic E-state index is 0.189. The number of aryl methyl sites for hydroxylation is 1. The van der Waals surface area contributed by atoms with Crippen molar-refractivity contribution >= 4 is 55.0 Å². The molecule has 0 unspecified atom stereocenters. The van der Waals surface area contributed by atoms with Crippen molar-refractivity contribution in [3.8, 4) is 11.4 Å². The SMILES string of the molecule is COc1ccc(-n2c(C)cc(/C=N\NC(=O)c3cc4cc(Br)cc(Br)c4o3)c2C)cc1. The lowest BCUT2D eigenvalue weighted by Gasteiger charge is -2.10. The van der Waals surface area contributed by atoms with E-state index in [-0.39, 0.29) is 5.76 Å². The zero-order chi connectivity index (χ0) is 22.1. The highest BCUT2D eigenvalue weighted by Gasteiger charge is 2.14. The molecule has 0 radical (unpaired) electrons. The quantitative estimate of drug-likeness (QED) is 0.242. The highest BCUT2D eigenvalue weighted by Crippen LogP contribution is 2.31. The largest absolute Gasteiger partial charge is 0.497 e. The number of carbonyl (C=O) groups excluding carboxylic acids is 1. The summed E-state index contributed by atoms with van der Waals surface area (Å²) < 4.78 is 14.7. The first kappa shape index (κ1) is 21.4. The predicted molar refractivity (Wildman–Crippen MR) is 128 cm³/mol. The Morgan fingerprint density at radius 2 is 1.87 bits per heavy atom. The smallest absolute Gasteiger partial charge is 0.307 e. The van der Waals surface area contributed by atoms with E-state index in [4.69, 9.17) is 9.15 Å². The highest BCUT2D eigenvalue weighted by molar-refractivity contribution is 9.11. The number of rotatable bonds is 5. The van der Waals surface area contributed by atoms with Gasteiger partial charge in [0.25, 0.3) is 0 Å². The van der Waals surface area contributed by atoms with E-state index in [1.807, 2.05) is 56.3 Å². The Morgan fingerprint density at radius 1 is 1.13 bits per heavy atom. The van der Waals surface area contributed by atoms with Gasteiger partial charge in [0.15, 0.2) is 5.76 Å². The number of hydrogen-bond acceptors (Lipinski definition) is 4. The van der Waals surface area contributed by atoms with Crippen LogP contribution >= 0.6 is 31.9 Å². The summed E-state index contributed by atoms with van der Waals surface area (Å²) in [4.78, 5) is 12.5. The molecule has 1 amide bonds. The van der Waals surface area contributed by atoms with Gasteiger partial charge in [-0.2, -0.15) is 5.10 Å². The first-order valence-electron chi connectivity index (χ1n) is 9.42. The van der Waals surface area contributed by atoms with Crippen LogP contribution in [0.1, 0.15) is 27.5 Å². The molecular formula is C23H19Br2N3O3. The number of nitrogens with one attached hydrogen (secondary N) is 1. The van der Waals surface area contributed by atoms with Crippen molar-refractivity contribution in [1.29, 1.82) is 0 Å². The third-order valence-electron chi connectivity index (χ3n) is 4.93. The highest BCUT2D eigenvalue weighted by atomic mass is 79.9. The van der Waals surface area contributed by atoms with Crippen molar-refractivity contribution in [2.24, 2.45) is 5.10 Å². The van der Waals surface area contributed by atoms with Crippen LogP contribution in [0.15, 0.2) is 67.0 Å². The number of ether oxygens (including phenoxy) is 1. The molecule has 0 bridgehead atoms. The van der Waals surface area contributed by atoms with Gasteiger partial charge >= 0.3 is 5.91 Å². The van der Waals surface area contributed by atoms with Gasteiger partial charge in [-0.3, -0.25) is 4.79 Å². The summed E-state index contributed by atoms with van der Waals surface area (Å²) in [5.41, 5.74) is 7.15. The molecule has 1 N–H and O–H groups in total. The Bertz CT molecular complexity index is 1300. The van der Waals surface area contributed by atoms with Crippen molar-refractivity contribution in [3.63, 3.8) is 0 Å². The standard InChI is InChI=1S/C23H19Br2N3O3/c1-13-8-16(14(2)28(13)18-4-6-19(30-3)7-5-18)12-26-27-23(29)21-10-15-9-17(24)11-20(25)22(15)31-21/h4-12H,1-3H3,(H,27,29)/b26-12-. The molecular weight excluding hydrogens is 526 g/mol. The molecule has 0 spiro atoms. The monoisotopic (exact) mass is 543 g/mol. The van der Waals surface area contributed by atoms with E-state index in [2.05, 4.69) is 47.0 Å². The second kappa shape index (κ2) is 8.72. The van der Waals surface area contributed by atoms with Gasteiger partial charge in [0.1, 0.15) is 11.3 Å². The summed E-state index contributed by atoms with van der Waals surface area (Å²) in [5.74, 6) is 0.578. The molecule has 0 aliphatic rings. The number of hydrogen-bond donors (Lipinski definition) is 1. The third-order valence-corrected chi connectivity index (χ3v) is 5.98. The Labute approximate surface area is 196 Å². The predicted octanol–water partition coefficient (Wildman–Crippen LogP) is 6.14. The molecule has 2 aromatic heterocycles. The fourth-order valence-corrected chi connectivity index (χ4v) is 4.79. The third kappa shape index (κ3) is 4.31. The Kier molecular flexibility index (Phi) is 6.02. The van der Waals surface area contributed by atoms with Crippen LogP contribution in [0.4, 0.5) is 0 Å². The van der Waals surface area contributed by atoms with Crippen molar-refractivity contribution in [3.05, 3.63) is 80.2 Å². The second-order valence-electron chi connectivity index (χ2n) is 6.98. The lowest BCUT2D eigenvalue weighted by atomic mass is 10.2. The van der Waals surface area contributed by atoms with Crippen LogP contribution in [0.3, 0.4) is 0 Å². The number of halogens is 2. The minimum Gasteiger partial charge on any atom is -0.497 e. The molecule has 0 fully saturated rings. The summed E-state index contributed by atoms with van der Waals surface area (Å²) in [6, 6.07) is 15.3. The van der Waals surface area contributed by atoms with Gasteiger partial charge in [-0.1, -0.05) is 15.9 Å². The van der Waals surface area contributed by atoms with Crippen LogP contribution in [0.25, 0.3) is 16.7 Å². The molecule has 6 nitrogen and oxygen atoms in total. The van der Waals surface area contributed by atoms with Gasteiger partial charge in [0.05, 0.1) is 17.8 Å². The molecule has 0 aliphatic carbocycles. The molecule has 0 aliphatic heterocycles. The molecule has 0 atom stereocenters. The maximum atomic E-state index is 12.5. The Balaban J connectivity index is 1.52. The molecule has 4 aromatic rings. The second-order valence-corrected chi connectivity index (χ2v) is 8.75. The molecule has 8 heteroatoms. The van der Waals surface area contributed by atoms with Gasteiger partial charge in [0, 0.05) is 32.5 Å². The van der Waals surface area contributed by atoms with Gasteiger partial charge in [0.2, 0.25) is 0 Å². The molecule has 0 saturated carbocycles. The number of aromatic nitrogens is 1. The van der Waals surface area contributed by atoms with E-state index >= 15 is 0 Å². The lowest BCUT2D eigenvalue weighted by Crippen LogP contribution is -2.16. The first-order chi connectivity index (χ1) is 14.9. The molecule has 158 valence electrons. The number of benzene rings is 2. The van der Waals surface area contributed by atoms with Crippen LogP contribution in [0.2, 0.25) is 0 Å². The number of hydrazone groups is 1. The van der Waals surface area contributed by atoms with Gasteiger partial charge in [-0.05, 0) is 78.3 Å². The number of methoxy groups -OCH3 is 1. The number of amides is 1. The Hall–Kier alpha value is -2.84. The lowest BCUT2D eigenvalue weighted by molar-refractivity contribution is 0.0929. The van der Waals surface area contributed by atoms with Gasteiger partial charge in [-0.25, -0.2) is 5.43 Å². The van der Waals surface area contributed by atoms with Crippen molar-refractivity contribution in [2.75, 3.05) is 7.11 Å². The number of fused-ring (bicyclic) bond motifs is 1. The van der Waals surface area contributed by atoms with E-state index in [9.17, 15) is 4.79 Å². The van der Waals surface area contributed by atoms with Crippen LogP contribution in [-0.4, -0.2) is 23.8 Å². The first-order valence-corrected chi connectivity index (χ1v) is 11.0. The zero-order valence-electron chi connectivity index (χ0n) is 17.1. The summed E-state index contributed by atoms with van der Waals surface area (Å²) in [5, 5.41) is 4.94. The van der Waals surface area contributed by atoms with E-state index in [0.717, 1.165) is 42.7 Å². The van der Waals surface area contributed by atoms with Crippen LogP contribution in [0, 0.1) is 13.8 Å². The summed E-state index contributed by atoms with van der Waals surface area (Å²) >= 11 is 6.88. The van der Waals surface area contributed by atoms with E-state index in [1.165, 1.54) is 0 Å². The fourth-order valence-electron chi connectivity index (χ4n) is 3.45. The maximum absolute atomic E-state index is 12.5. The summed E-state index contributed by atoms with van der Waals surface area (Å²) in [7, 11) is 1.65. The summed E-state index contributed by atoms with van der Waals surface area (Å²) in [6.07, 6.45) is 1.63. The fraction of sp³-hybridized carbons (Fsp3) is 0.130.